The SMILES string of the molecule is C#Cc1ccc(-c2cc3c(N4CCC(c5nc(-c6ccc(CC)cc6)c(C)[nH]5)CC4)ncnc3[nH]2)cc1.CC1=C(c2ccc(Cl)cc2)CC(C2(C)CCN(c3ncnc4c3C=C(c3ccc(C)cc3)C4)CC2)=N1.CC1=C(c2ccc(F)cc2)CC(C2(C)CCN(c3ncnc4c3C=C(c3ccc(C)cc3)C4)CC2)=N1.Cc1ccc(-c2cc3c(N4CCC(c5nc(-c6ccc(C)cc6)c(C)[nH]5)CC4)ncnc3[nH]2)cc1. The van der Waals surface area contributed by atoms with E-state index in [1.165, 1.54) is 113 Å². The van der Waals surface area contributed by atoms with E-state index in [-0.39, 0.29) is 16.6 Å². The van der Waals surface area contributed by atoms with Gasteiger partial charge in [0, 0.05) is 179 Å². The van der Waals surface area contributed by atoms with E-state index in [0.717, 1.165) is 277 Å². The highest BCUT2D eigenvalue weighted by Crippen LogP contribution is 2.48. The van der Waals surface area contributed by atoms with E-state index in [4.69, 9.17) is 47.9 Å². The molecule has 14 heterocycles. The van der Waals surface area contributed by atoms with E-state index >= 15 is 0 Å². The lowest BCUT2D eigenvalue weighted by Crippen LogP contribution is -2.43. The molecule has 0 radical (unpaired) electrons. The number of hydrogen-bond acceptors (Lipinski definition) is 16. The number of nitrogens with zero attached hydrogens (tertiary/aromatic N) is 16. The Hall–Kier alpha value is -15.1. The highest BCUT2D eigenvalue weighted by Gasteiger charge is 2.42. The number of piperidine rings is 4. The van der Waals surface area contributed by atoms with Crippen molar-refractivity contribution in [2.24, 2.45) is 20.8 Å². The molecule has 2 aliphatic carbocycles. The standard InChI is InChI=1S/C31H31ClN4.C31H31FN4.C31H30N6.C29H30N6/c2*1-20-4-6-22(7-5-20)24-16-27-28(17-24)33-19-34-30(27)36-14-12-31(3,13-15-36)29-18-26(21(2)35-29)23-8-10-25(32)11-9-23;1-4-21-6-10-23(11-7-21)27-18-26-30(35-27)32-19-33-31(26)37-16-14-25(15-17-37)29-34-20(3)28(36-29)24-12-8-22(5-2)9-13-24;1-18-4-8-21(9-5-18)25-16-24-28(33-25)30-17-31-29(24)35-14-12-23(13-15-35)27-32-20(3)26(34-27)22-10-6-19(2)7-11-22/h2*4-11,16,19H,12-15,17-18H2,1-3H3;1,6-13,18-19,25H,5,14-17H2,2-3H3,(H,34,36)(H,32,33,35);4-11,16-17,23H,12-15H2,1-3H3,(H,32,34)(H,30,31,33). The van der Waals surface area contributed by atoms with E-state index in [2.05, 4.69) is 309 Å². The summed E-state index contributed by atoms with van der Waals surface area (Å²) in [4.78, 5) is 81.0. The zero-order chi connectivity index (χ0) is 99.0. The van der Waals surface area contributed by atoms with Gasteiger partial charge in [-0.1, -0.05) is 218 Å². The third-order valence-corrected chi connectivity index (χ3v) is 31.3. The van der Waals surface area contributed by atoms with Crippen LogP contribution in [0.5, 0.6) is 0 Å². The lowest BCUT2D eigenvalue weighted by atomic mass is 9.74. The number of terminal acetylenes is 1. The Morgan fingerprint density at radius 3 is 1.13 bits per heavy atom. The molecule has 8 aromatic carbocycles. The summed E-state index contributed by atoms with van der Waals surface area (Å²) in [5.74, 6) is 9.64. The number of fused-ring (bicyclic) bond motifs is 4. The molecule has 16 aromatic rings. The summed E-state index contributed by atoms with van der Waals surface area (Å²) < 4.78 is 13.4. The van der Waals surface area contributed by atoms with Crippen molar-refractivity contribution in [3.8, 4) is 57.4 Å². The van der Waals surface area contributed by atoms with E-state index in [1.807, 2.05) is 48.5 Å². The Morgan fingerprint density at radius 2 is 0.736 bits per heavy atom. The van der Waals surface area contributed by atoms with Crippen LogP contribution in [0.3, 0.4) is 0 Å². The second-order valence-corrected chi connectivity index (χ2v) is 41.2. The predicted octanol–water partition coefficient (Wildman–Crippen LogP) is 26.9. The van der Waals surface area contributed by atoms with Gasteiger partial charge in [-0.05, 0) is 235 Å². The molecule has 4 N–H and O–H groups in total. The Bertz CT molecular complexity index is 7470. The number of benzene rings is 8. The minimum atomic E-state index is -0.201. The van der Waals surface area contributed by atoms with Crippen LogP contribution >= 0.6 is 11.6 Å². The van der Waals surface area contributed by atoms with Gasteiger partial charge in [0.25, 0.3) is 0 Å². The fraction of sp³-hybridized carbons (Fsp3) is 0.295. The number of aliphatic imine (C=N–C) groups is 2. The van der Waals surface area contributed by atoms with Gasteiger partial charge in [0.2, 0.25) is 0 Å². The fourth-order valence-electron chi connectivity index (χ4n) is 21.9. The van der Waals surface area contributed by atoms with Gasteiger partial charge in [-0.25, -0.2) is 54.2 Å². The van der Waals surface area contributed by atoms with Crippen LogP contribution in [0.15, 0.2) is 253 Å². The molecule has 22 heteroatoms. The number of nitrogens with one attached hydrogen (secondary N) is 4. The highest BCUT2D eigenvalue weighted by molar-refractivity contribution is 6.30. The molecule has 6 aliphatic heterocycles. The number of rotatable bonds is 17. The number of allylic oxidation sites excluding steroid dienone is 6. The zero-order valence-corrected chi connectivity index (χ0v) is 84.8. The molecule has 8 aliphatic rings. The highest BCUT2D eigenvalue weighted by atomic mass is 35.5. The van der Waals surface area contributed by atoms with Crippen molar-refractivity contribution in [2.75, 3.05) is 72.0 Å². The first kappa shape index (κ1) is 95.1. The number of halogens is 2. The average molecular weight is 1920 g/mol. The maximum atomic E-state index is 13.4. The first-order chi connectivity index (χ1) is 70.0. The summed E-state index contributed by atoms with van der Waals surface area (Å²) in [7, 11) is 0. The van der Waals surface area contributed by atoms with Gasteiger partial charge in [0.1, 0.15) is 77.3 Å². The second kappa shape index (κ2) is 40.7. The molecule has 24 rings (SSSR count). The normalized spacial score (nSPS) is 16.6. The van der Waals surface area contributed by atoms with Crippen LogP contribution in [-0.2, 0) is 19.3 Å². The Labute approximate surface area is 848 Å². The molecule has 4 saturated heterocycles. The van der Waals surface area contributed by atoms with Crippen LogP contribution in [0.1, 0.15) is 212 Å². The maximum absolute atomic E-state index is 13.4. The predicted molar refractivity (Wildman–Crippen MR) is 587 cm³/mol. The van der Waals surface area contributed by atoms with E-state index in [1.54, 1.807) is 25.3 Å². The van der Waals surface area contributed by atoms with Crippen molar-refractivity contribution in [3.05, 3.63) is 355 Å². The first-order valence-corrected chi connectivity index (χ1v) is 51.3. The van der Waals surface area contributed by atoms with E-state index < -0.39 is 0 Å². The third-order valence-electron chi connectivity index (χ3n) is 31.0. The van der Waals surface area contributed by atoms with Crippen molar-refractivity contribution in [1.29, 1.82) is 0 Å². The maximum Gasteiger partial charge on any atom is 0.143 e. The molecule has 0 amide bonds. The van der Waals surface area contributed by atoms with Crippen LogP contribution < -0.4 is 19.6 Å². The molecule has 724 valence electrons. The Kier molecular flexibility index (Phi) is 26.9. The van der Waals surface area contributed by atoms with Crippen LogP contribution in [0.2, 0.25) is 5.02 Å². The molecule has 4 fully saturated rings. The molecule has 0 bridgehead atoms. The molecular formula is C122H122ClFN20. The summed E-state index contributed by atoms with van der Waals surface area (Å²) in [5, 5.41) is 2.90. The van der Waals surface area contributed by atoms with E-state index in [0.29, 0.717) is 11.8 Å². The quantitative estimate of drug-likeness (QED) is 0.0622. The van der Waals surface area contributed by atoms with Crippen molar-refractivity contribution in [2.45, 2.75) is 171 Å². The minimum absolute atomic E-state index is 0.0542. The van der Waals surface area contributed by atoms with Gasteiger partial charge in [-0.3, -0.25) is 9.98 Å². The van der Waals surface area contributed by atoms with Crippen LogP contribution in [-0.4, -0.2) is 134 Å². The Morgan fingerprint density at radius 1 is 0.389 bits per heavy atom. The fourth-order valence-corrected chi connectivity index (χ4v) is 22.0. The summed E-state index contributed by atoms with van der Waals surface area (Å²) in [6.07, 6.45) is 29.8. The number of aromatic amines is 4. The molecule has 144 heavy (non-hydrogen) atoms. The minimum Gasteiger partial charge on any atom is -0.356 e. The molecule has 0 unspecified atom stereocenters. The van der Waals surface area contributed by atoms with Gasteiger partial charge in [0.15, 0.2) is 0 Å². The summed E-state index contributed by atoms with van der Waals surface area (Å²) in [6, 6.07) is 70.7. The molecule has 0 atom stereocenters. The second-order valence-electron chi connectivity index (χ2n) is 40.8. The van der Waals surface area contributed by atoms with Gasteiger partial charge in [0.05, 0.1) is 33.5 Å². The summed E-state index contributed by atoms with van der Waals surface area (Å²) >= 11 is 6.11. The van der Waals surface area contributed by atoms with Crippen LogP contribution in [0, 0.1) is 70.5 Å². The molecular weight excluding hydrogens is 1800 g/mol. The molecule has 20 nitrogen and oxygen atoms in total. The number of aryl methyl sites for hydroxylation is 7. The van der Waals surface area contributed by atoms with Gasteiger partial charge >= 0.3 is 0 Å². The van der Waals surface area contributed by atoms with Gasteiger partial charge in [-0.2, -0.15) is 0 Å². The molecule has 8 aromatic heterocycles. The zero-order valence-electron chi connectivity index (χ0n) is 84.1. The van der Waals surface area contributed by atoms with Gasteiger partial charge < -0.3 is 39.5 Å². The van der Waals surface area contributed by atoms with Crippen molar-refractivity contribution in [1.82, 2.24) is 69.8 Å². The number of imidazole rings is 2. The monoisotopic (exact) mass is 1920 g/mol. The molecule has 0 saturated carbocycles. The van der Waals surface area contributed by atoms with E-state index in [9.17, 15) is 4.39 Å². The topological polar surface area (TPSA) is 230 Å². The van der Waals surface area contributed by atoms with Crippen molar-refractivity contribution in [3.63, 3.8) is 0 Å². The lowest BCUT2D eigenvalue weighted by Gasteiger charge is -2.40. The van der Waals surface area contributed by atoms with Crippen LogP contribution in [0.4, 0.5) is 27.7 Å². The first-order valence-electron chi connectivity index (χ1n) is 50.9. The number of anilines is 4. The summed E-state index contributed by atoms with van der Waals surface area (Å²) in [6.45, 7) is 31.4. The summed E-state index contributed by atoms with van der Waals surface area (Å²) in [5.41, 5.74) is 39.7. The molecule has 0 spiro atoms. The number of H-pyrrole nitrogens is 4. The number of aromatic nitrogens is 14. The smallest absolute Gasteiger partial charge is 0.143 e. The van der Waals surface area contributed by atoms with Crippen LogP contribution in [0.25, 0.3) is 102 Å². The van der Waals surface area contributed by atoms with Crippen molar-refractivity contribution >= 4 is 103 Å². The lowest BCUT2D eigenvalue weighted by molar-refractivity contribution is 0.351. The largest absolute Gasteiger partial charge is 0.356 e. The third kappa shape index (κ3) is 20.0. The Balaban J connectivity index is 0.000000113. The van der Waals surface area contributed by atoms with Crippen molar-refractivity contribution < 1.29 is 4.39 Å². The average Bonchev–Trinajstić information content (AvgIpc) is 1.59. The number of hydrogen-bond donors (Lipinski definition) is 4. The van der Waals surface area contributed by atoms with Gasteiger partial charge in [-0.15, -0.1) is 6.42 Å².